The van der Waals surface area contributed by atoms with Crippen molar-refractivity contribution < 1.29 is 4.79 Å². The first-order valence-electron chi connectivity index (χ1n) is 8.01. The number of H-pyrrole nitrogens is 2. The summed E-state index contributed by atoms with van der Waals surface area (Å²) < 4.78 is 1.98. The zero-order chi connectivity index (χ0) is 17.3. The van der Waals surface area contributed by atoms with Crippen molar-refractivity contribution in [1.82, 2.24) is 19.5 Å². The third-order valence-corrected chi connectivity index (χ3v) is 4.30. The number of aromatic amines is 2. The highest BCUT2D eigenvalue weighted by molar-refractivity contribution is 6.01. The molecule has 7 nitrogen and oxygen atoms in total. The maximum absolute atomic E-state index is 12.4. The molecule has 0 aliphatic carbocycles. The summed E-state index contributed by atoms with van der Waals surface area (Å²) in [6.45, 7) is 6.50. The summed E-state index contributed by atoms with van der Waals surface area (Å²) in [6, 6.07) is 1.90. The maximum atomic E-state index is 12.4. The molecule has 1 amide bonds. The maximum Gasteiger partial charge on any atom is 0.323 e. The number of hydrogen-bond donors (Lipinski definition) is 3. The van der Waals surface area contributed by atoms with Crippen molar-refractivity contribution in [3.8, 4) is 0 Å². The van der Waals surface area contributed by atoms with E-state index in [1.807, 2.05) is 37.6 Å². The molecule has 0 bridgehead atoms. The van der Waals surface area contributed by atoms with E-state index in [1.54, 1.807) is 6.20 Å². The Bertz CT molecular complexity index is 948. The fourth-order valence-electron chi connectivity index (χ4n) is 2.85. The average Bonchev–Trinajstić information content (AvgIpc) is 3.15. The lowest BCUT2D eigenvalue weighted by atomic mass is 10.1. The third-order valence-electron chi connectivity index (χ3n) is 4.30. The summed E-state index contributed by atoms with van der Waals surface area (Å²) in [7, 11) is 0. The molecule has 0 aliphatic rings. The monoisotopic (exact) mass is 327 g/mol. The highest BCUT2D eigenvalue weighted by atomic mass is 16.2. The predicted molar refractivity (Wildman–Crippen MR) is 93.2 cm³/mol. The molecule has 0 saturated heterocycles. The molecule has 1 aromatic carbocycles. The van der Waals surface area contributed by atoms with Crippen LogP contribution < -0.4 is 11.0 Å². The summed E-state index contributed by atoms with van der Waals surface area (Å²) in [5.41, 5.74) is 3.67. The van der Waals surface area contributed by atoms with Gasteiger partial charge in [0.25, 0.3) is 0 Å². The quantitative estimate of drug-likeness (QED) is 0.671. The molecule has 2 heterocycles. The van der Waals surface area contributed by atoms with E-state index in [2.05, 4.69) is 20.3 Å². The van der Waals surface area contributed by atoms with E-state index in [0.717, 1.165) is 23.4 Å². The molecular weight excluding hydrogens is 306 g/mol. The average molecular weight is 327 g/mol. The number of nitrogens with one attached hydrogen (secondary N) is 3. The van der Waals surface area contributed by atoms with E-state index < -0.39 is 0 Å². The Morgan fingerprint density at radius 2 is 2.12 bits per heavy atom. The van der Waals surface area contributed by atoms with Crippen LogP contribution in [-0.2, 0) is 17.8 Å². The van der Waals surface area contributed by atoms with Gasteiger partial charge in [-0.3, -0.25) is 4.79 Å². The van der Waals surface area contributed by atoms with Gasteiger partial charge in [0.2, 0.25) is 5.91 Å². The van der Waals surface area contributed by atoms with Crippen LogP contribution in [0.25, 0.3) is 11.0 Å². The number of imidazole rings is 2. The highest BCUT2D eigenvalue weighted by Gasteiger charge is 2.14. The van der Waals surface area contributed by atoms with Gasteiger partial charge >= 0.3 is 5.69 Å². The summed E-state index contributed by atoms with van der Waals surface area (Å²) in [5.74, 6) is 0.870. The molecule has 0 unspecified atom stereocenters. The van der Waals surface area contributed by atoms with E-state index in [-0.39, 0.29) is 11.6 Å². The Hall–Kier alpha value is -2.83. The van der Waals surface area contributed by atoms with E-state index in [0.29, 0.717) is 29.7 Å². The van der Waals surface area contributed by atoms with Gasteiger partial charge in [-0.1, -0.05) is 6.92 Å². The lowest BCUT2D eigenvalue weighted by Crippen LogP contribution is -2.16. The molecule has 3 rings (SSSR count). The number of amides is 1. The first kappa shape index (κ1) is 16.0. The number of carbonyl (C=O) groups is 1. The summed E-state index contributed by atoms with van der Waals surface area (Å²) >= 11 is 0. The van der Waals surface area contributed by atoms with Gasteiger partial charge in [-0.2, -0.15) is 0 Å². The van der Waals surface area contributed by atoms with Gasteiger partial charge in [0.15, 0.2) is 0 Å². The van der Waals surface area contributed by atoms with Crippen molar-refractivity contribution in [3.05, 3.63) is 45.9 Å². The lowest BCUT2D eigenvalue weighted by molar-refractivity contribution is -0.116. The van der Waals surface area contributed by atoms with Gasteiger partial charge < -0.3 is 19.9 Å². The Kier molecular flexibility index (Phi) is 4.24. The molecule has 7 heteroatoms. The number of carbonyl (C=O) groups excluding carboxylic acids is 1. The summed E-state index contributed by atoms with van der Waals surface area (Å²) in [5, 5.41) is 2.94. The topological polar surface area (TPSA) is 95.6 Å². The van der Waals surface area contributed by atoms with Crippen LogP contribution in [0.5, 0.6) is 0 Å². The normalized spacial score (nSPS) is 11.1. The Morgan fingerprint density at radius 1 is 1.33 bits per heavy atom. The Balaban J connectivity index is 1.80. The van der Waals surface area contributed by atoms with Gasteiger partial charge in [-0.15, -0.1) is 0 Å². The second-order valence-corrected chi connectivity index (χ2v) is 5.88. The van der Waals surface area contributed by atoms with Crippen LogP contribution >= 0.6 is 0 Å². The van der Waals surface area contributed by atoms with Crippen LogP contribution in [-0.4, -0.2) is 25.4 Å². The van der Waals surface area contributed by atoms with E-state index in [9.17, 15) is 9.59 Å². The van der Waals surface area contributed by atoms with Crippen molar-refractivity contribution in [2.24, 2.45) is 0 Å². The standard InChI is InChI=1S/C17H21N5O2/c1-4-13-18-6-8-22(13)7-5-14(23)20-15-11(3)10(2)9-12-16(15)21-17(24)19-12/h6,8-9H,4-5,7H2,1-3H3,(H,20,23)(H2,19,21,24). The molecule has 0 spiro atoms. The van der Waals surface area contributed by atoms with Crippen molar-refractivity contribution >= 4 is 22.6 Å². The van der Waals surface area contributed by atoms with Crippen LogP contribution in [0.4, 0.5) is 5.69 Å². The van der Waals surface area contributed by atoms with Gasteiger partial charge in [-0.25, -0.2) is 9.78 Å². The Labute approximate surface area is 139 Å². The molecule has 3 N–H and O–H groups in total. The second kappa shape index (κ2) is 6.35. The molecule has 0 aliphatic heterocycles. The van der Waals surface area contributed by atoms with E-state index >= 15 is 0 Å². The van der Waals surface area contributed by atoms with Crippen LogP contribution in [0.2, 0.25) is 0 Å². The van der Waals surface area contributed by atoms with Crippen LogP contribution in [0.1, 0.15) is 30.3 Å². The minimum Gasteiger partial charge on any atom is -0.334 e. The summed E-state index contributed by atoms with van der Waals surface area (Å²) in [4.78, 5) is 33.7. The minimum absolute atomic E-state index is 0.0946. The molecule has 0 radical (unpaired) electrons. The molecule has 126 valence electrons. The zero-order valence-electron chi connectivity index (χ0n) is 14.1. The molecule has 3 aromatic rings. The molecule has 0 saturated carbocycles. The lowest BCUT2D eigenvalue weighted by Gasteiger charge is -2.12. The number of aromatic nitrogens is 4. The predicted octanol–water partition coefficient (Wildman–Crippen LogP) is 2.26. The van der Waals surface area contributed by atoms with Gasteiger partial charge in [0, 0.05) is 31.8 Å². The smallest absolute Gasteiger partial charge is 0.323 e. The Morgan fingerprint density at radius 3 is 2.88 bits per heavy atom. The SMILES string of the molecule is CCc1nccn1CCC(=O)Nc1c(C)c(C)cc2[nH]c(=O)[nH]c12. The minimum atomic E-state index is -0.281. The first-order valence-corrected chi connectivity index (χ1v) is 8.01. The van der Waals surface area contributed by atoms with Gasteiger partial charge in [-0.05, 0) is 31.0 Å². The number of rotatable bonds is 5. The number of hydrogen-bond acceptors (Lipinski definition) is 3. The molecule has 0 fully saturated rings. The molecule has 0 atom stereocenters. The fraction of sp³-hybridized carbons (Fsp3) is 0.353. The third kappa shape index (κ3) is 2.97. The van der Waals surface area contributed by atoms with Crippen LogP contribution in [0.15, 0.2) is 23.3 Å². The number of benzene rings is 1. The van der Waals surface area contributed by atoms with Crippen molar-refractivity contribution in [2.75, 3.05) is 5.32 Å². The van der Waals surface area contributed by atoms with Crippen molar-refractivity contribution in [2.45, 2.75) is 40.2 Å². The van der Waals surface area contributed by atoms with Gasteiger partial charge in [0.05, 0.1) is 16.7 Å². The van der Waals surface area contributed by atoms with Crippen molar-refractivity contribution in [1.29, 1.82) is 0 Å². The summed E-state index contributed by atoms with van der Waals surface area (Å²) in [6.07, 6.45) is 4.80. The highest BCUT2D eigenvalue weighted by Crippen LogP contribution is 2.27. The number of aryl methyl sites for hydroxylation is 3. The fourth-order valence-corrected chi connectivity index (χ4v) is 2.85. The van der Waals surface area contributed by atoms with Crippen molar-refractivity contribution in [3.63, 3.8) is 0 Å². The van der Waals surface area contributed by atoms with Gasteiger partial charge in [0.1, 0.15) is 5.82 Å². The largest absolute Gasteiger partial charge is 0.334 e. The second-order valence-electron chi connectivity index (χ2n) is 5.88. The molecule has 24 heavy (non-hydrogen) atoms. The van der Waals surface area contributed by atoms with Crippen LogP contribution in [0, 0.1) is 13.8 Å². The van der Waals surface area contributed by atoms with E-state index in [1.165, 1.54) is 0 Å². The van der Waals surface area contributed by atoms with E-state index in [4.69, 9.17) is 0 Å². The number of anilines is 1. The number of nitrogens with zero attached hydrogens (tertiary/aromatic N) is 2. The first-order chi connectivity index (χ1) is 11.5. The molecular formula is C17H21N5O2. The van der Waals surface area contributed by atoms with Crippen LogP contribution in [0.3, 0.4) is 0 Å². The number of fused-ring (bicyclic) bond motifs is 1. The molecule has 2 aromatic heterocycles. The zero-order valence-corrected chi connectivity index (χ0v) is 14.1.